The van der Waals surface area contributed by atoms with Crippen LogP contribution in [0.1, 0.15) is 24.5 Å². The van der Waals surface area contributed by atoms with Crippen LogP contribution in [0.5, 0.6) is 5.75 Å². The molecule has 0 spiro atoms. The van der Waals surface area contributed by atoms with Crippen LogP contribution in [0.2, 0.25) is 5.02 Å². The van der Waals surface area contributed by atoms with E-state index >= 15 is 0 Å². The Morgan fingerprint density at radius 3 is 2.53 bits per heavy atom. The third-order valence-corrected chi connectivity index (χ3v) is 7.16. The summed E-state index contributed by atoms with van der Waals surface area (Å²) in [6.45, 7) is 6.17. The Labute approximate surface area is 206 Å². The van der Waals surface area contributed by atoms with Gasteiger partial charge in [0, 0.05) is 26.2 Å². The number of benzene rings is 2. The summed E-state index contributed by atoms with van der Waals surface area (Å²) >= 11 is 6.22. The fourth-order valence-electron chi connectivity index (χ4n) is 4.02. The van der Waals surface area contributed by atoms with Crippen LogP contribution >= 0.6 is 11.6 Å². The van der Waals surface area contributed by atoms with Crippen LogP contribution in [0.15, 0.2) is 42.5 Å². The number of hydrogen-bond donors (Lipinski definition) is 1. The molecule has 1 fully saturated rings. The second kappa shape index (κ2) is 11.9. The van der Waals surface area contributed by atoms with Crippen LogP contribution in [0.3, 0.4) is 0 Å². The van der Waals surface area contributed by atoms with E-state index in [0.29, 0.717) is 24.4 Å². The molecular weight excluding hydrogens is 478 g/mol. The van der Waals surface area contributed by atoms with Crippen LogP contribution < -0.4 is 14.4 Å². The van der Waals surface area contributed by atoms with Gasteiger partial charge in [-0.2, -0.15) is 0 Å². The lowest BCUT2D eigenvalue weighted by Crippen LogP contribution is -2.49. The Morgan fingerprint density at radius 1 is 1.21 bits per heavy atom. The Kier molecular flexibility index (Phi) is 9.18. The average Bonchev–Trinajstić information content (AvgIpc) is 2.81. The van der Waals surface area contributed by atoms with Crippen LogP contribution in [0.4, 0.5) is 5.69 Å². The predicted octanol–water partition coefficient (Wildman–Crippen LogP) is 3.04. The van der Waals surface area contributed by atoms with Gasteiger partial charge in [-0.05, 0) is 35.7 Å². The van der Waals surface area contributed by atoms with Crippen molar-refractivity contribution in [3.63, 3.8) is 0 Å². The van der Waals surface area contributed by atoms with Crippen molar-refractivity contribution in [2.45, 2.75) is 32.5 Å². The number of anilines is 1. The van der Waals surface area contributed by atoms with Crippen LogP contribution in [-0.4, -0.2) is 64.9 Å². The molecule has 1 amide bonds. The van der Waals surface area contributed by atoms with E-state index in [2.05, 4.69) is 22.3 Å². The van der Waals surface area contributed by atoms with Crippen LogP contribution in [0.25, 0.3) is 0 Å². The molecule has 10 heteroatoms. The zero-order valence-electron chi connectivity index (χ0n) is 19.8. The van der Waals surface area contributed by atoms with Gasteiger partial charge >= 0.3 is 0 Å². The molecule has 186 valence electrons. The molecule has 0 saturated carbocycles. The molecule has 1 aliphatic rings. The Bertz CT molecular complexity index is 1090. The van der Waals surface area contributed by atoms with Crippen molar-refractivity contribution in [1.29, 1.82) is 0 Å². The molecule has 1 heterocycles. The number of carbonyl (C=O) groups excluding carboxylic acids is 1. The number of morpholine rings is 1. The van der Waals surface area contributed by atoms with Crippen molar-refractivity contribution >= 4 is 33.2 Å². The maximum Gasteiger partial charge on any atom is 0.244 e. The molecule has 2 aromatic rings. The summed E-state index contributed by atoms with van der Waals surface area (Å²) in [4.78, 5) is 15.5. The molecule has 1 saturated heterocycles. The highest BCUT2D eigenvalue weighted by Gasteiger charge is 2.31. The molecule has 34 heavy (non-hydrogen) atoms. The summed E-state index contributed by atoms with van der Waals surface area (Å²) in [5.41, 5.74) is 2.42. The zero-order chi connectivity index (χ0) is 24.7. The van der Waals surface area contributed by atoms with E-state index in [1.54, 1.807) is 19.1 Å². The first-order chi connectivity index (χ1) is 16.2. The number of halogens is 1. The standard InChI is InChI=1S/C24H32ClN3O5S/c1-4-22(28(34(3,30)31)20-8-9-23(32-2)21(25)15-20)24(29)26-16-18-6-5-7-19(14-18)17-27-10-12-33-13-11-27/h5-9,14-15,22H,4,10-13,16-17H2,1-3H3,(H,26,29)/t22-/m1/s1. The highest BCUT2D eigenvalue weighted by atomic mass is 35.5. The lowest BCUT2D eigenvalue weighted by molar-refractivity contribution is -0.122. The number of sulfonamides is 1. The first-order valence-corrected chi connectivity index (χ1v) is 13.4. The van der Waals surface area contributed by atoms with Gasteiger partial charge in [-0.25, -0.2) is 8.42 Å². The number of amides is 1. The highest BCUT2D eigenvalue weighted by molar-refractivity contribution is 7.92. The second-order valence-electron chi connectivity index (χ2n) is 8.23. The van der Waals surface area contributed by atoms with Gasteiger partial charge in [-0.15, -0.1) is 0 Å². The first kappa shape index (κ1) is 26.3. The van der Waals surface area contributed by atoms with Crippen LogP contribution in [-0.2, 0) is 32.6 Å². The third kappa shape index (κ3) is 6.85. The number of methoxy groups -OCH3 is 1. The summed E-state index contributed by atoms with van der Waals surface area (Å²) in [5, 5.41) is 3.17. The third-order valence-electron chi connectivity index (χ3n) is 5.69. The molecule has 1 aliphatic heterocycles. The summed E-state index contributed by atoms with van der Waals surface area (Å²) in [6, 6.07) is 11.8. The van der Waals surface area contributed by atoms with E-state index in [1.165, 1.54) is 13.2 Å². The van der Waals surface area contributed by atoms with Gasteiger partial charge in [0.15, 0.2) is 0 Å². The van der Waals surface area contributed by atoms with E-state index in [4.69, 9.17) is 21.1 Å². The van der Waals surface area contributed by atoms with E-state index < -0.39 is 16.1 Å². The fourth-order valence-corrected chi connectivity index (χ4v) is 5.47. The number of rotatable bonds is 10. The molecule has 1 atom stereocenters. The van der Waals surface area contributed by atoms with Crippen LogP contribution in [0, 0.1) is 0 Å². The van der Waals surface area contributed by atoms with Crippen molar-refractivity contribution in [2.24, 2.45) is 0 Å². The fraction of sp³-hybridized carbons (Fsp3) is 0.458. The molecule has 0 radical (unpaired) electrons. The minimum Gasteiger partial charge on any atom is -0.495 e. The zero-order valence-corrected chi connectivity index (χ0v) is 21.4. The molecule has 0 unspecified atom stereocenters. The largest absolute Gasteiger partial charge is 0.495 e. The van der Waals surface area contributed by atoms with E-state index in [9.17, 15) is 13.2 Å². The van der Waals surface area contributed by atoms with Gasteiger partial charge in [0.25, 0.3) is 0 Å². The average molecular weight is 510 g/mol. The molecule has 0 bridgehead atoms. The molecule has 8 nitrogen and oxygen atoms in total. The number of hydrogen-bond acceptors (Lipinski definition) is 6. The number of carbonyl (C=O) groups is 1. The summed E-state index contributed by atoms with van der Waals surface area (Å²) in [5.74, 6) is 0.0479. The predicted molar refractivity (Wildman–Crippen MR) is 134 cm³/mol. The molecule has 0 aromatic heterocycles. The number of nitrogens with one attached hydrogen (secondary N) is 1. The normalized spacial score (nSPS) is 15.5. The van der Waals surface area contributed by atoms with E-state index in [-0.39, 0.29) is 10.9 Å². The molecular formula is C24H32ClN3O5S. The van der Waals surface area contributed by atoms with Gasteiger partial charge in [0.05, 0.1) is 37.3 Å². The van der Waals surface area contributed by atoms with Gasteiger partial charge in [0.2, 0.25) is 15.9 Å². The van der Waals surface area contributed by atoms with Crippen molar-refractivity contribution in [3.8, 4) is 5.75 Å². The van der Waals surface area contributed by atoms with Crippen molar-refractivity contribution in [1.82, 2.24) is 10.2 Å². The van der Waals surface area contributed by atoms with E-state index in [1.807, 2.05) is 12.1 Å². The minimum absolute atomic E-state index is 0.265. The van der Waals surface area contributed by atoms with Gasteiger partial charge in [0.1, 0.15) is 11.8 Å². The van der Waals surface area contributed by atoms with Gasteiger partial charge < -0.3 is 14.8 Å². The van der Waals surface area contributed by atoms with Gasteiger partial charge in [-0.1, -0.05) is 42.8 Å². The second-order valence-corrected chi connectivity index (χ2v) is 10.5. The minimum atomic E-state index is -3.76. The summed E-state index contributed by atoms with van der Waals surface area (Å²) in [7, 11) is -2.28. The van der Waals surface area contributed by atoms with Gasteiger partial charge in [-0.3, -0.25) is 14.0 Å². The summed E-state index contributed by atoms with van der Waals surface area (Å²) < 4.78 is 37.0. The monoisotopic (exact) mass is 509 g/mol. The SMILES string of the molecule is CC[C@H](C(=O)NCc1cccc(CN2CCOCC2)c1)N(c1ccc(OC)c(Cl)c1)S(C)(=O)=O. The maximum atomic E-state index is 13.1. The van der Waals surface area contributed by atoms with Crippen molar-refractivity contribution in [2.75, 3.05) is 44.0 Å². The van der Waals surface area contributed by atoms with Crippen molar-refractivity contribution in [3.05, 3.63) is 58.6 Å². The Morgan fingerprint density at radius 2 is 1.91 bits per heavy atom. The lowest BCUT2D eigenvalue weighted by Gasteiger charge is -2.30. The molecule has 2 aromatic carbocycles. The smallest absolute Gasteiger partial charge is 0.244 e. The highest BCUT2D eigenvalue weighted by Crippen LogP contribution is 2.31. The number of nitrogens with zero attached hydrogens (tertiary/aromatic N) is 2. The number of ether oxygens (including phenoxy) is 2. The quantitative estimate of drug-likeness (QED) is 0.529. The maximum absolute atomic E-state index is 13.1. The molecule has 0 aliphatic carbocycles. The summed E-state index contributed by atoms with van der Waals surface area (Å²) in [6.07, 6.45) is 1.37. The molecule has 1 N–H and O–H groups in total. The first-order valence-electron chi connectivity index (χ1n) is 11.2. The van der Waals surface area contributed by atoms with E-state index in [0.717, 1.165) is 54.5 Å². The lowest BCUT2D eigenvalue weighted by atomic mass is 10.1. The Balaban J connectivity index is 1.72. The Hall–Kier alpha value is -2.33. The van der Waals surface area contributed by atoms with Crippen molar-refractivity contribution < 1.29 is 22.7 Å². The topological polar surface area (TPSA) is 88.2 Å². The molecule has 3 rings (SSSR count).